The molecule has 5 nitrogen and oxygen atoms in total. The Morgan fingerprint density at radius 1 is 1.16 bits per heavy atom. The van der Waals surface area contributed by atoms with Gasteiger partial charge in [0, 0.05) is 5.69 Å². The Morgan fingerprint density at radius 3 is 2.68 bits per heavy atom. The lowest BCUT2D eigenvalue weighted by atomic mass is 10.1. The Balaban J connectivity index is 1.72. The maximum atomic E-state index is 12.4. The van der Waals surface area contributed by atoms with Gasteiger partial charge in [0.2, 0.25) is 5.91 Å². The van der Waals surface area contributed by atoms with E-state index < -0.39 is 0 Å². The fraction of sp³-hybridized carbons (Fsp3) is 0.211. The number of anilines is 1. The fourth-order valence-electron chi connectivity index (χ4n) is 2.63. The Kier molecular flexibility index (Phi) is 5.40. The number of aromatic nitrogens is 3. The third-order valence-electron chi connectivity index (χ3n) is 3.96. The second-order valence-corrected chi connectivity index (χ2v) is 6.18. The molecule has 2 aromatic carbocycles. The van der Waals surface area contributed by atoms with E-state index in [0.29, 0.717) is 17.1 Å². The first-order valence-corrected chi connectivity index (χ1v) is 8.63. The van der Waals surface area contributed by atoms with Crippen molar-refractivity contribution in [1.82, 2.24) is 14.8 Å². The van der Waals surface area contributed by atoms with Crippen LogP contribution in [0.25, 0.3) is 0 Å². The number of rotatable bonds is 6. The van der Waals surface area contributed by atoms with Gasteiger partial charge in [0.05, 0.1) is 13.0 Å². The summed E-state index contributed by atoms with van der Waals surface area (Å²) in [7, 11) is 0. The second kappa shape index (κ2) is 7.90. The smallest absolute Gasteiger partial charge is 0.232 e. The average Bonchev–Trinajstić information content (AvgIpc) is 2.96. The van der Waals surface area contributed by atoms with E-state index in [1.54, 1.807) is 0 Å². The van der Waals surface area contributed by atoms with Crippen LogP contribution < -0.4 is 5.32 Å². The van der Waals surface area contributed by atoms with Gasteiger partial charge in [-0.25, -0.2) is 0 Å². The van der Waals surface area contributed by atoms with Crippen LogP contribution in [0.15, 0.2) is 54.6 Å². The number of nitrogens with zero attached hydrogens (tertiary/aromatic N) is 2. The molecular weight excluding hydrogens is 332 g/mol. The van der Waals surface area contributed by atoms with Crippen LogP contribution in [0.1, 0.15) is 23.9 Å². The first-order valence-electron chi connectivity index (χ1n) is 8.22. The zero-order valence-electron chi connectivity index (χ0n) is 14.0. The van der Waals surface area contributed by atoms with E-state index in [9.17, 15) is 4.79 Å². The second-order valence-electron chi connectivity index (χ2n) is 5.80. The monoisotopic (exact) mass is 352 g/mol. The lowest BCUT2D eigenvalue weighted by Gasteiger charge is -2.09. The summed E-state index contributed by atoms with van der Waals surface area (Å²) in [6, 6.07) is 17.8. The molecule has 128 valence electrons. The SMILES string of the molecule is CCc1cccc(NC(=O)Cc2n[nH]c(=S)n2Cc2ccccc2)c1. The van der Waals surface area contributed by atoms with Crippen LogP contribution in [-0.2, 0) is 24.2 Å². The van der Waals surface area contributed by atoms with E-state index >= 15 is 0 Å². The summed E-state index contributed by atoms with van der Waals surface area (Å²) in [5.74, 6) is 0.509. The van der Waals surface area contributed by atoms with Gasteiger partial charge in [-0.2, -0.15) is 5.10 Å². The van der Waals surface area contributed by atoms with Gasteiger partial charge in [0.25, 0.3) is 0 Å². The summed E-state index contributed by atoms with van der Waals surface area (Å²) < 4.78 is 2.37. The van der Waals surface area contributed by atoms with E-state index in [4.69, 9.17) is 12.2 Å². The average molecular weight is 352 g/mol. The van der Waals surface area contributed by atoms with Crippen molar-refractivity contribution in [1.29, 1.82) is 0 Å². The van der Waals surface area contributed by atoms with Crippen LogP contribution in [0.5, 0.6) is 0 Å². The molecule has 2 N–H and O–H groups in total. The van der Waals surface area contributed by atoms with Crippen molar-refractivity contribution in [3.8, 4) is 0 Å². The summed E-state index contributed by atoms with van der Waals surface area (Å²) in [5, 5.41) is 9.92. The van der Waals surface area contributed by atoms with E-state index in [1.165, 1.54) is 5.56 Å². The molecule has 1 aromatic heterocycles. The summed E-state index contributed by atoms with van der Waals surface area (Å²) in [5.41, 5.74) is 3.09. The molecule has 3 rings (SSSR count). The predicted molar refractivity (Wildman–Crippen MR) is 101 cm³/mol. The number of aryl methyl sites for hydroxylation is 1. The van der Waals surface area contributed by atoms with Crippen LogP contribution in [0.4, 0.5) is 5.69 Å². The van der Waals surface area contributed by atoms with Gasteiger partial charge in [0.1, 0.15) is 5.82 Å². The number of carbonyl (C=O) groups excluding carboxylic acids is 1. The van der Waals surface area contributed by atoms with Crippen molar-refractivity contribution < 1.29 is 4.79 Å². The third kappa shape index (κ3) is 4.42. The molecule has 0 saturated carbocycles. The summed E-state index contributed by atoms with van der Waals surface area (Å²) in [6.45, 7) is 2.67. The molecule has 6 heteroatoms. The van der Waals surface area contributed by atoms with Crippen LogP contribution in [0.3, 0.4) is 0 Å². The highest BCUT2D eigenvalue weighted by Gasteiger charge is 2.12. The summed E-state index contributed by atoms with van der Waals surface area (Å²) in [4.78, 5) is 12.4. The largest absolute Gasteiger partial charge is 0.326 e. The topological polar surface area (TPSA) is 62.7 Å². The number of nitrogens with one attached hydrogen (secondary N) is 2. The number of hydrogen-bond acceptors (Lipinski definition) is 3. The minimum atomic E-state index is -0.114. The molecule has 25 heavy (non-hydrogen) atoms. The van der Waals surface area contributed by atoms with Crippen molar-refractivity contribution in [2.75, 3.05) is 5.32 Å². The molecule has 0 unspecified atom stereocenters. The fourth-order valence-corrected chi connectivity index (χ4v) is 2.85. The normalized spacial score (nSPS) is 10.6. The number of H-pyrrole nitrogens is 1. The van der Waals surface area contributed by atoms with Crippen molar-refractivity contribution in [3.63, 3.8) is 0 Å². The molecule has 1 heterocycles. The Hall–Kier alpha value is -2.73. The molecule has 0 bridgehead atoms. The zero-order valence-corrected chi connectivity index (χ0v) is 14.8. The molecule has 0 aliphatic rings. The standard InChI is InChI=1S/C19H20N4OS/c1-2-14-9-6-10-16(11-14)20-18(24)12-17-21-22-19(25)23(17)13-15-7-4-3-5-8-15/h3-11H,2,12-13H2,1H3,(H,20,24)(H,22,25). The third-order valence-corrected chi connectivity index (χ3v) is 4.27. The minimum Gasteiger partial charge on any atom is -0.326 e. The molecule has 3 aromatic rings. The van der Waals surface area contributed by atoms with E-state index in [2.05, 4.69) is 22.4 Å². The van der Waals surface area contributed by atoms with Crippen molar-refractivity contribution in [3.05, 3.63) is 76.3 Å². The highest BCUT2D eigenvalue weighted by Crippen LogP contribution is 2.12. The molecule has 0 fully saturated rings. The van der Waals surface area contributed by atoms with Gasteiger partial charge in [0.15, 0.2) is 4.77 Å². The molecule has 0 aliphatic carbocycles. The Labute approximate surface area is 151 Å². The molecule has 0 atom stereocenters. The van der Waals surface area contributed by atoms with Gasteiger partial charge < -0.3 is 5.32 Å². The van der Waals surface area contributed by atoms with E-state index in [1.807, 2.05) is 59.2 Å². The van der Waals surface area contributed by atoms with Crippen LogP contribution >= 0.6 is 12.2 Å². The lowest BCUT2D eigenvalue weighted by molar-refractivity contribution is -0.115. The highest BCUT2D eigenvalue weighted by molar-refractivity contribution is 7.71. The van der Waals surface area contributed by atoms with Crippen LogP contribution in [0, 0.1) is 4.77 Å². The van der Waals surface area contributed by atoms with Crippen molar-refractivity contribution >= 4 is 23.8 Å². The molecule has 1 amide bonds. The number of benzene rings is 2. The first-order chi connectivity index (χ1) is 12.2. The summed E-state index contributed by atoms with van der Waals surface area (Å²) in [6.07, 6.45) is 1.09. The number of carbonyl (C=O) groups is 1. The van der Waals surface area contributed by atoms with Gasteiger partial charge in [-0.3, -0.25) is 14.5 Å². The minimum absolute atomic E-state index is 0.114. The predicted octanol–water partition coefficient (Wildman–Crippen LogP) is 3.73. The molecule has 0 spiro atoms. The highest BCUT2D eigenvalue weighted by atomic mass is 32.1. The first kappa shape index (κ1) is 17.1. The van der Waals surface area contributed by atoms with Gasteiger partial charge >= 0.3 is 0 Å². The summed E-state index contributed by atoms with van der Waals surface area (Å²) >= 11 is 5.30. The van der Waals surface area contributed by atoms with Gasteiger partial charge in [-0.1, -0.05) is 49.4 Å². The maximum absolute atomic E-state index is 12.4. The number of amides is 1. The quantitative estimate of drug-likeness (QED) is 0.665. The van der Waals surface area contributed by atoms with Crippen molar-refractivity contribution in [2.45, 2.75) is 26.3 Å². The van der Waals surface area contributed by atoms with E-state index in [0.717, 1.165) is 17.7 Å². The van der Waals surface area contributed by atoms with E-state index in [-0.39, 0.29) is 12.3 Å². The Bertz CT molecular complexity index is 914. The van der Waals surface area contributed by atoms with Gasteiger partial charge in [-0.15, -0.1) is 0 Å². The van der Waals surface area contributed by atoms with Gasteiger partial charge in [-0.05, 0) is 41.9 Å². The molecule has 0 saturated heterocycles. The van der Waals surface area contributed by atoms with Crippen molar-refractivity contribution in [2.24, 2.45) is 0 Å². The van der Waals surface area contributed by atoms with Crippen LogP contribution in [0.2, 0.25) is 0 Å². The number of aromatic amines is 1. The Morgan fingerprint density at radius 2 is 1.92 bits per heavy atom. The number of hydrogen-bond donors (Lipinski definition) is 2. The molecular formula is C19H20N4OS. The zero-order chi connectivity index (χ0) is 17.6. The lowest BCUT2D eigenvalue weighted by Crippen LogP contribution is -2.18. The maximum Gasteiger partial charge on any atom is 0.232 e. The molecule has 0 aliphatic heterocycles. The van der Waals surface area contributed by atoms with Crippen LogP contribution in [-0.4, -0.2) is 20.7 Å². The molecule has 0 radical (unpaired) electrons.